The van der Waals surface area contributed by atoms with Crippen molar-refractivity contribution in [2.75, 3.05) is 0 Å². The molecule has 0 bridgehead atoms. The lowest BCUT2D eigenvalue weighted by Gasteiger charge is -2.21. The van der Waals surface area contributed by atoms with Gasteiger partial charge in [-0.25, -0.2) is 0 Å². The van der Waals surface area contributed by atoms with Gasteiger partial charge in [0.2, 0.25) is 0 Å². The average molecular weight is 251 g/mol. The lowest BCUT2D eigenvalue weighted by Crippen LogP contribution is -2.24. The van der Waals surface area contributed by atoms with Crippen molar-refractivity contribution in [2.45, 2.75) is 71.5 Å². The molecule has 1 rings (SSSR count). The van der Waals surface area contributed by atoms with Crippen molar-refractivity contribution in [3.8, 4) is 0 Å². The summed E-state index contributed by atoms with van der Waals surface area (Å²) in [4.78, 5) is 0. The van der Waals surface area contributed by atoms with Crippen LogP contribution in [0.4, 0.5) is 0 Å². The SMILES string of the molecule is C=CC1CCC([Si](C)(C)C)=C1CCCCCC. The molecule has 0 saturated carbocycles. The predicted octanol–water partition coefficient (Wildman–Crippen LogP) is 5.73. The fourth-order valence-corrected chi connectivity index (χ4v) is 5.22. The van der Waals surface area contributed by atoms with Crippen molar-refractivity contribution in [2.24, 2.45) is 5.92 Å². The first-order chi connectivity index (χ1) is 8.00. The van der Waals surface area contributed by atoms with Gasteiger partial charge in [-0.1, -0.05) is 62.7 Å². The van der Waals surface area contributed by atoms with Crippen LogP contribution in [0.2, 0.25) is 19.6 Å². The molecule has 0 aromatic rings. The largest absolute Gasteiger partial charge is 0.102 e. The fourth-order valence-electron chi connectivity index (χ4n) is 3.05. The van der Waals surface area contributed by atoms with Gasteiger partial charge in [0.05, 0.1) is 8.07 Å². The Bertz CT molecular complexity index is 280. The molecule has 17 heavy (non-hydrogen) atoms. The van der Waals surface area contributed by atoms with Crippen molar-refractivity contribution < 1.29 is 0 Å². The summed E-state index contributed by atoms with van der Waals surface area (Å²) in [5, 5.41) is 1.86. The molecular formula is C16H30Si. The summed E-state index contributed by atoms with van der Waals surface area (Å²) < 4.78 is 0. The highest BCUT2D eigenvalue weighted by molar-refractivity contribution is 6.83. The van der Waals surface area contributed by atoms with Crippen LogP contribution in [-0.2, 0) is 0 Å². The second-order valence-corrected chi connectivity index (χ2v) is 11.5. The Hall–Kier alpha value is -0.303. The minimum atomic E-state index is -1.08. The van der Waals surface area contributed by atoms with E-state index in [1.165, 1.54) is 44.9 Å². The van der Waals surface area contributed by atoms with Crippen LogP contribution in [0, 0.1) is 5.92 Å². The van der Waals surface area contributed by atoms with Gasteiger partial charge < -0.3 is 0 Å². The molecule has 0 aliphatic heterocycles. The van der Waals surface area contributed by atoms with Crippen molar-refractivity contribution >= 4 is 8.07 Å². The smallest absolute Gasteiger partial charge is 0.0724 e. The van der Waals surface area contributed by atoms with Gasteiger partial charge in [0, 0.05) is 0 Å². The highest BCUT2D eigenvalue weighted by Gasteiger charge is 2.30. The number of allylic oxidation sites excluding steroid dienone is 3. The van der Waals surface area contributed by atoms with Crippen molar-refractivity contribution in [1.82, 2.24) is 0 Å². The van der Waals surface area contributed by atoms with E-state index < -0.39 is 8.07 Å². The van der Waals surface area contributed by atoms with Crippen molar-refractivity contribution in [3.63, 3.8) is 0 Å². The monoisotopic (exact) mass is 250 g/mol. The first kappa shape index (κ1) is 14.8. The molecule has 98 valence electrons. The van der Waals surface area contributed by atoms with E-state index >= 15 is 0 Å². The minimum Gasteiger partial charge on any atom is -0.102 e. The second-order valence-electron chi connectivity index (χ2n) is 6.45. The van der Waals surface area contributed by atoms with Crippen LogP contribution in [0.3, 0.4) is 0 Å². The van der Waals surface area contributed by atoms with Gasteiger partial charge in [0.15, 0.2) is 0 Å². The summed E-state index contributed by atoms with van der Waals surface area (Å²) >= 11 is 0. The van der Waals surface area contributed by atoms with Crippen LogP contribution in [0.5, 0.6) is 0 Å². The van der Waals surface area contributed by atoms with Crippen LogP contribution in [-0.4, -0.2) is 8.07 Å². The van der Waals surface area contributed by atoms with Gasteiger partial charge in [-0.05, 0) is 31.6 Å². The number of unbranched alkanes of at least 4 members (excludes halogenated alkanes) is 3. The third-order valence-corrected chi connectivity index (χ3v) is 6.41. The Balaban J connectivity index is 2.68. The molecule has 1 aliphatic rings. The zero-order valence-corrected chi connectivity index (χ0v) is 13.3. The molecule has 0 amide bonds. The molecule has 0 saturated heterocycles. The van der Waals surface area contributed by atoms with Crippen LogP contribution < -0.4 is 0 Å². The Morgan fingerprint density at radius 1 is 1.24 bits per heavy atom. The predicted molar refractivity (Wildman–Crippen MR) is 82.1 cm³/mol. The van der Waals surface area contributed by atoms with E-state index in [9.17, 15) is 0 Å². The van der Waals surface area contributed by atoms with Crippen molar-refractivity contribution in [3.05, 3.63) is 23.4 Å². The van der Waals surface area contributed by atoms with Crippen LogP contribution in [0.15, 0.2) is 23.4 Å². The molecule has 0 fully saturated rings. The second kappa shape index (κ2) is 6.58. The van der Waals surface area contributed by atoms with Gasteiger partial charge in [0.1, 0.15) is 0 Å². The molecule has 0 radical (unpaired) electrons. The van der Waals surface area contributed by atoms with E-state index in [-0.39, 0.29) is 0 Å². The lowest BCUT2D eigenvalue weighted by molar-refractivity contribution is 0.631. The zero-order chi connectivity index (χ0) is 12.9. The maximum absolute atomic E-state index is 4.04. The molecule has 0 spiro atoms. The highest BCUT2D eigenvalue weighted by atomic mass is 28.3. The maximum Gasteiger partial charge on any atom is 0.0724 e. The van der Waals surface area contributed by atoms with E-state index in [0.717, 1.165) is 0 Å². The first-order valence-electron chi connectivity index (χ1n) is 7.35. The molecule has 0 aromatic heterocycles. The van der Waals surface area contributed by atoms with Gasteiger partial charge in [-0.3, -0.25) is 0 Å². The van der Waals surface area contributed by atoms with Crippen LogP contribution in [0.25, 0.3) is 0 Å². The quantitative estimate of drug-likeness (QED) is 0.308. The van der Waals surface area contributed by atoms with Crippen LogP contribution in [0.1, 0.15) is 51.9 Å². The topological polar surface area (TPSA) is 0 Å². The summed E-state index contributed by atoms with van der Waals surface area (Å²) in [5.41, 5.74) is 1.79. The van der Waals surface area contributed by atoms with E-state index in [2.05, 4.69) is 39.2 Å². The van der Waals surface area contributed by atoms with Gasteiger partial charge in [-0.15, -0.1) is 6.58 Å². The number of hydrogen-bond donors (Lipinski definition) is 0. The normalized spacial score (nSPS) is 21.1. The molecule has 1 unspecified atom stereocenters. The molecule has 0 aromatic carbocycles. The Labute approximate surface area is 109 Å². The number of rotatable bonds is 7. The third kappa shape index (κ3) is 4.13. The number of hydrogen-bond acceptors (Lipinski definition) is 0. The van der Waals surface area contributed by atoms with E-state index in [0.29, 0.717) is 5.92 Å². The first-order valence-corrected chi connectivity index (χ1v) is 10.9. The average Bonchev–Trinajstić information content (AvgIpc) is 2.67. The van der Waals surface area contributed by atoms with E-state index in [1.54, 1.807) is 5.57 Å². The molecule has 0 heterocycles. The van der Waals surface area contributed by atoms with Crippen molar-refractivity contribution in [1.29, 1.82) is 0 Å². The maximum atomic E-state index is 4.04. The Morgan fingerprint density at radius 2 is 1.94 bits per heavy atom. The molecular weight excluding hydrogens is 220 g/mol. The minimum absolute atomic E-state index is 0.707. The molecule has 0 nitrogen and oxygen atoms in total. The van der Waals surface area contributed by atoms with E-state index in [1.807, 2.05) is 5.20 Å². The summed E-state index contributed by atoms with van der Waals surface area (Å²) in [5.74, 6) is 0.707. The summed E-state index contributed by atoms with van der Waals surface area (Å²) in [6.07, 6.45) is 11.8. The summed E-state index contributed by atoms with van der Waals surface area (Å²) in [6.45, 7) is 13.8. The van der Waals surface area contributed by atoms with Gasteiger partial charge in [-0.2, -0.15) is 0 Å². The Morgan fingerprint density at radius 3 is 2.47 bits per heavy atom. The third-order valence-electron chi connectivity index (χ3n) is 4.03. The summed E-state index contributed by atoms with van der Waals surface area (Å²) in [6, 6.07) is 0. The lowest BCUT2D eigenvalue weighted by atomic mass is 9.96. The molecule has 1 atom stereocenters. The van der Waals surface area contributed by atoms with Crippen LogP contribution >= 0.6 is 0 Å². The highest BCUT2D eigenvalue weighted by Crippen LogP contribution is 2.40. The molecule has 1 heteroatoms. The Kier molecular flexibility index (Phi) is 5.71. The zero-order valence-electron chi connectivity index (χ0n) is 12.3. The van der Waals surface area contributed by atoms with Gasteiger partial charge in [0.25, 0.3) is 0 Å². The molecule has 0 N–H and O–H groups in total. The fraction of sp³-hybridized carbons (Fsp3) is 0.750. The van der Waals surface area contributed by atoms with E-state index in [4.69, 9.17) is 0 Å². The molecule has 1 aliphatic carbocycles. The standard InChI is InChI=1S/C16H30Si/c1-6-8-9-10-11-15-14(7-2)12-13-16(15)17(3,4)5/h7,14H,2,6,8-13H2,1,3-5H3. The summed E-state index contributed by atoms with van der Waals surface area (Å²) in [7, 11) is -1.08. The van der Waals surface area contributed by atoms with Gasteiger partial charge >= 0.3 is 0 Å².